The number of hydrogen-bond acceptors (Lipinski definition) is 2. The minimum absolute atomic E-state index is 0.365. The van der Waals surface area contributed by atoms with Crippen molar-refractivity contribution < 1.29 is 4.74 Å². The molecule has 0 aliphatic carbocycles. The zero-order valence-corrected chi connectivity index (χ0v) is 13.5. The van der Waals surface area contributed by atoms with Gasteiger partial charge in [0.25, 0.3) is 0 Å². The lowest BCUT2D eigenvalue weighted by Gasteiger charge is -2.09. The standard InChI is InChI=1S/C18H19ClN2O/c1-12(2)21-10-13(17-7-6-15(20)9-18(17)21)11-22-16-5-3-4-14(19)8-16/h3-10,12H,11,20H2,1-2H3. The van der Waals surface area contributed by atoms with Gasteiger partial charge in [-0.25, -0.2) is 0 Å². The number of rotatable bonds is 4. The molecule has 3 aromatic rings. The zero-order valence-electron chi connectivity index (χ0n) is 12.7. The molecule has 1 heterocycles. The Bertz CT molecular complexity index is 808. The summed E-state index contributed by atoms with van der Waals surface area (Å²) in [4.78, 5) is 0. The first-order chi connectivity index (χ1) is 10.5. The highest BCUT2D eigenvalue weighted by molar-refractivity contribution is 6.30. The first-order valence-electron chi connectivity index (χ1n) is 7.32. The Labute approximate surface area is 135 Å². The highest BCUT2D eigenvalue weighted by Gasteiger charge is 2.11. The van der Waals surface area contributed by atoms with E-state index in [0.29, 0.717) is 17.7 Å². The fourth-order valence-electron chi connectivity index (χ4n) is 2.60. The number of nitrogens with zero attached hydrogens (tertiary/aromatic N) is 1. The summed E-state index contributed by atoms with van der Waals surface area (Å²) in [5.41, 5.74) is 8.98. The molecule has 0 radical (unpaired) electrons. The molecule has 0 amide bonds. The van der Waals surface area contributed by atoms with E-state index in [4.69, 9.17) is 22.1 Å². The van der Waals surface area contributed by atoms with Crippen LogP contribution in [0, 0.1) is 0 Å². The smallest absolute Gasteiger partial charge is 0.121 e. The van der Waals surface area contributed by atoms with Crippen molar-refractivity contribution in [2.75, 3.05) is 5.73 Å². The van der Waals surface area contributed by atoms with Crippen LogP contribution in [-0.4, -0.2) is 4.57 Å². The Morgan fingerprint density at radius 2 is 2.00 bits per heavy atom. The van der Waals surface area contributed by atoms with Gasteiger partial charge in [-0.15, -0.1) is 0 Å². The summed E-state index contributed by atoms with van der Waals surface area (Å²) in [7, 11) is 0. The quantitative estimate of drug-likeness (QED) is 0.685. The Kier molecular flexibility index (Phi) is 3.99. The van der Waals surface area contributed by atoms with E-state index in [2.05, 4.69) is 30.7 Å². The number of benzene rings is 2. The van der Waals surface area contributed by atoms with Gasteiger partial charge in [-0.05, 0) is 44.2 Å². The number of ether oxygens (including phenoxy) is 1. The lowest BCUT2D eigenvalue weighted by molar-refractivity contribution is 0.307. The van der Waals surface area contributed by atoms with Crippen molar-refractivity contribution in [1.29, 1.82) is 0 Å². The maximum absolute atomic E-state index is 5.99. The monoisotopic (exact) mass is 314 g/mol. The molecule has 2 N–H and O–H groups in total. The van der Waals surface area contributed by atoms with E-state index >= 15 is 0 Å². The van der Waals surface area contributed by atoms with E-state index in [1.807, 2.05) is 36.4 Å². The molecule has 0 aliphatic heterocycles. The normalized spacial score (nSPS) is 11.3. The molecule has 0 unspecified atom stereocenters. The lowest BCUT2D eigenvalue weighted by Crippen LogP contribution is -1.99. The number of halogens is 1. The van der Waals surface area contributed by atoms with Gasteiger partial charge in [0.2, 0.25) is 0 Å². The van der Waals surface area contributed by atoms with Gasteiger partial charge in [0, 0.05) is 33.9 Å². The van der Waals surface area contributed by atoms with Gasteiger partial charge in [-0.2, -0.15) is 0 Å². The van der Waals surface area contributed by atoms with E-state index in [0.717, 1.165) is 22.5 Å². The minimum atomic E-state index is 0.365. The van der Waals surface area contributed by atoms with Crippen molar-refractivity contribution in [2.24, 2.45) is 0 Å². The van der Waals surface area contributed by atoms with Crippen LogP contribution >= 0.6 is 11.6 Å². The Balaban J connectivity index is 1.93. The van der Waals surface area contributed by atoms with Crippen LogP contribution in [0.2, 0.25) is 5.02 Å². The van der Waals surface area contributed by atoms with Crippen molar-refractivity contribution in [3.63, 3.8) is 0 Å². The van der Waals surface area contributed by atoms with E-state index < -0.39 is 0 Å². The largest absolute Gasteiger partial charge is 0.489 e. The number of anilines is 1. The molecule has 0 spiro atoms. The van der Waals surface area contributed by atoms with Crippen LogP contribution in [0.3, 0.4) is 0 Å². The third kappa shape index (κ3) is 2.90. The molecule has 3 rings (SSSR count). The molecule has 22 heavy (non-hydrogen) atoms. The molecular weight excluding hydrogens is 296 g/mol. The highest BCUT2D eigenvalue weighted by Crippen LogP contribution is 2.28. The van der Waals surface area contributed by atoms with E-state index in [9.17, 15) is 0 Å². The predicted octanol–water partition coefficient (Wildman–Crippen LogP) is 5.04. The third-order valence-electron chi connectivity index (χ3n) is 3.69. The van der Waals surface area contributed by atoms with Gasteiger partial charge in [0.1, 0.15) is 12.4 Å². The molecule has 4 heteroatoms. The zero-order chi connectivity index (χ0) is 15.7. The summed E-state index contributed by atoms with van der Waals surface area (Å²) >= 11 is 5.99. The average molecular weight is 315 g/mol. The lowest BCUT2D eigenvalue weighted by atomic mass is 10.1. The second kappa shape index (κ2) is 5.93. The van der Waals surface area contributed by atoms with Crippen LogP contribution < -0.4 is 10.5 Å². The van der Waals surface area contributed by atoms with Crippen molar-refractivity contribution in [2.45, 2.75) is 26.5 Å². The summed E-state index contributed by atoms with van der Waals surface area (Å²) in [6, 6.07) is 13.8. The SMILES string of the molecule is CC(C)n1cc(COc2cccc(Cl)c2)c2ccc(N)cc21. The molecule has 0 saturated carbocycles. The molecule has 114 valence electrons. The van der Waals surface area contributed by atoms with Gasteiger partial charge in [-0.1, -0.05) is 23.7 Å². The second-order valence-electron chi connectivity index (χ2n) is 5.68. The molecule has 0 aliphatic rings. The number of nitrogen functional groups attached to an aromatic ring is 1. The topological polar surface area (TPSA) is 40.2 Å². The first kappa shape index (κ1) is 14.8. The van der Waals surface area contributed by atoms with Gasteiger partial charge >= 0.3 is 0 Å². The van der Waals surface area contributed by atoms with Crippen molar-refractivity contribution in [1.82, 2.24) is 4.57 Å². The molecule has 0 bridgehead atoms. The van der Waals surface area contributed by atoms with Crippen molar-refractivity contribution in [3.05, 3.63) is 59.2 Å². The molecule has 0 saturated heterocycles. The number of hydrogen-bond donors (Lipinski definition) is 1. The number of nitrogens with two attached hydrogens (primary N) is 1. The fourth-order valence-corrected chi connectivity index (χ4v) is 2.78. The van der Waals surface area contributed by atoms with Crippen LogP contribution in [0.15, 0.2) is 48.7 Å². The summed E-state index contributed by atoms with van der Waals surface area (Å²) in [6.45, 7) is 4.81. The second-order valence-corrected chi connectivity index (χ2v) is 6.11. The molecule has 1 aromatic heterocycles. The molecule has 3 nitrogen and oxygen atoms in total. The Morgan fingerprint density at radius 3 is 2.73 bits per heavy atom. The molecule has 0 fully saturated rings. The van der Waals surface area contributed by atoms with Crippen molar-refractivity contribution in [3.8, 4) is 5.75 Å². The van der Waals surface area contributed by atoms with Crippen LogP contribution in [-0.2, 0) is 6.61 Å². The van der Waals surface area contributed by atoms with Crippen molar-refractivity contribution >= 4 is 28.2 Å². The van der Waals surface area contributed by atoms with Crippen LogP contribution in [0.5, 0.6) is 5.75 Å². The number of fused-ring (bicyclic) bond motifs is 1. The summed E-state index contributed by atoms with van der Waals surface area (Å²) in [6.07, 6.45) is 2.14. The Hall–Kier alpha value is -2.13. The molecule has 2 aromatic carbocycles. The maximum atomic E-state index is 5.99. The predicted molar refractivity (Wildman–Crippen MR) is 92.5 cm³/mol. The fraction of sp³-hybridized carbons (Fsp3) is 0.222. The van der Waals surface area contributed by atoms with Gasteiger partial charge in [0.05, 0.1) is 5.52 Å². The van der Waals surface area contributed by atoms with E-state index in [1.165, 1.54) is 5.39 Å². The molecule has 0 atom stereocenters. The highest BCUT2D eigenvalue weighted by atomic mass is 35.5. The summed E-state index contributed by atoms with van der Waals surface area (Å²) < 4.78 is 8.10. The summed E-state index contributed by atoms with van der Waals surface area (Å²) in [5.74, 6) is 0.772. The van der Waals surface area contributed by atoms with Crippen LogP contribution in [0.25, 0.3) is 10.9 Å². The Morgan fingerprint density at radius 1 is 1.18 bits per heavy atom. The maximum Gasteiger partial charge on any atom is 0.121 e. The summed E-state index contributed by atoms with van der Waals surface area (Å²) in [5, 5.41) is 1.85. The van der Waals surface area contributed by atoms with Gasteiger partial charge in [0.15, 0.2) is 0 Å². The van der Waals surface area contributed by atoms with E-state index in [-0.39, 0.29) is 0 Å². The van der Waals surface area contributed by atoms with E-state index in [1.54, 1.807) is 0 Å². The van der Waals surface area contributed by atoms with Gasteiger partial charge in [-0.3, -0.25) is 0 Å². The molecular formula is C18H19ClN2O. The minimum Gasteiger partial charge on any atom is -0.489 e. The van der Waals surface area contributed by atoms with Gasteiger partial charge < -0.3 is 15.0 Å². The average Bonchev–Trinajstić information content (AvgIpc) is 2.83. The first-order valence-corrected chi connectivity index (χ1v) is 7.69. The third-order valence-corrected chi connectivity index (χ3v) is 3.92. The van der Waals surface area contributed by atoms with Crippen LogP contribution in [0.1, 0.15) is 25.5 Å². The van der Waals surface area contributed by atoms with Crippen LogP contribution in [0.4, 0.5) is 5.69 Å². The number of aromatic nitrogens is 1.